The SMILES string of the molecule is CC(C)(C)OC(=O)c1ccn(C(=O)N2CCN(Cc3cccc(Oc4ccccc4)c3)CC2)n1.O=C(O)c1ccn(C(=O)N2CCN(Cc3cccc(Oc4ccccc4)c3)CC2)n1. The molecular formula is C48H52N8O8. The van der Waals surface area contributed by atoms with Gasteiger partial charge in [-0.15, -0.1) is 0 Å². The van der Waals surface area contributed by atoms with Crippen molar-refractivity contribution in [2.75, 3.05) is 52.4 Å². The molecule has 0 bridgehead atoms. The van der Waals surface area contributed by atoms with Gasteiger partial charge in [0.25, 0.3) is 0 Å². The van der Waals surface area contributed by atoms with Gasteiger partial charge in [-0.05, 0) is 92.6 Å². The molecule has 0 unspecified atom stereocenters. The third kappa shape index (κ3) is 12.6. The summed E-state index contributed by atoms with van der Waals surface area (Å²) in [5.74, 6) is 1.51. The van der Waals surface area contributed by atoms with E-state index in [1.54, 1.807) is 30.6 Å². The van der Waals surface area contributed by atoms with Gasteiger partial charge < -0.3 is 29.1 Å². The first kappa shape index (κ1) is 44.7. The van der Waals surface area contributed by atoms with Crippen LogP contribution in [0.5, 0.6) is 23.0 Å². The van der Waals surface area contributed by atoms with Gasteiger partial charge in [0.2, 0.25) is 0 Å². The van der Waals surface area contributed by atoms with Gasteiger partial charge in [0.15, 0.2) is 11.4 Å². The maximum absolute atomic E-state index is 12.8. The normalized spacial score (nSPS) is 14.5. The van der Waals surface area contributed by atoms with Gasteiger partial charge in [-0.2, -0.15) is 19.6 Å². The predicted octanol–water partition coefficient (Wildman–Crippen LogP) is 7.58. The summed E-state index contributed by atoms with van der Waals surface area (Å²) in [4.78, 5) is 56.5. The number of aromatic nitrogens is 4. The molecule has 16 heteroatoms. The van der Waals surface area contributed by atoms with Gasteiger partial charge >= 0.3 is 24.0 Å². The Morgan fingerprint density at radius 1 is 0.531 bits per heavy atom. The summed E-state index contributed by atoms with van der Waals surface area (Å²) < 4.78 is 19.5. The average molecular weight is 869 g/mol. The molecule has 4 heterocycles. The maximum atomic E-state index is 12.8. The van der Waals surface area contributed by atoms with E-state index < -0.39 is 17.5 Å². The molecule has 2 aromatic heterocycles. The van der Waals surface area contributed by atoms with Crippen LogP contribution in [-0.4, -0.2) is 126 Å². The van der Waals surface area contributed by atoms with Crippen LogP contribution in [0.1, 0.15) is 52.9 Å². The fourth-order valence-electron chi connectivity index (χ4n) is 7.08. The molecule has 2 amide bonds. The molecule has 0 spiro atoms. The maximum Gasteiger partial charge on any atom is 0.359 e. The Labute approximate surface area is 371 Å². The van der Waals surface area contributed by atoms with Crippen molar-refractivity contribution in [3.63, 3.8) is 0 Å². The Balaban J connectivity index is 0.000000193. The Morgan fingerprint density at radius 2 is 0.938 bits per heavy atom. The summed E-state index contributed by atoms with van der Waals surface area (Å²) >= 11 is 0. The molecule has 64 heavy (non-hydrogen) atoms. The number of ether oxygens (including phenoxy) is 3. The smallest absolute Gasteiger partial charge is 0.359 e. The Bertz CT molecular complexity index is 2500. The second kappa shape index (κ2) is 20.7. The summed E-state index contributed by atoms with van der Waals surface area (Å²) in [7, 11) is 0. The van der Waals surface area contributed by atoms with E-state index in [9.17, 15) is 19.2 Å². The van der Waals surface area contributed by atoms with Crippen molar-refractivity contribution in [2.45, 2.75) is 39.5 Å². The molecule has 1 N–H and O–H groups in total. The number of nitrogens with zero attached hydrogens (tertiary/aromatic N) is 8. The topological polar surface area (TPSA) is 165 Å². The van der Waals surface area contributed by atoms with E-state index in [0.29, 0.717) is 26.2 Å². The number of carbonyl (C=O) groups is 4. The molecule has 2 aliphatic heterocycles. The molecule has 0 atom stereocenters. The van der Waals surface area contributed by atoms with Crippen molar-refractivity contribution >= 4 is 24.0 Å². The lowest BCUT2D eigenvalue weighted by molar-refractivity contribution is 0.00620. The van der Waals surface area contributed by atoms with Crippen LogP contribution in [0.3, 0.4) is 0 Å². The van der Waals surface area contributed by atoms with Gasteiger partial charge in [-0.25, -0.2) is 19.2 Å². The highest BCUT2D eigenvalue weighted by atomic mass is 16.6. The summed E-state index contributed by atoms with van der Waals surface area (Å²) in [6, 6.07) is 37.7. The molecular weight excluding hydrogens is 817 g/mol. The largest absolute Gasteiger partial charge is 0.476 e. The van der Waals surface area contributed by atoms with Crippen molar-refractivity contribution in [3.05, 3.63) is 156 Å². The minimum absolute atomic E-state index is 0.125. The van der Waals surface area contributed by atoms with Crippen LogP contribution in [-0.2, 0) is 17.8 Å². The number of hydrogen-bond donors (Lipinski definition) is 1. The summed E-state index contributed by atoms with van der Waals surface area (Å²) in [6.07, 6.45) is 2.89. The lowest BCUT2D eigenvalue weighted by atomic mass is 10.2. The second-order valence-electron chi connectivity index (χ2n) is 16.3. The van der Waals surface area contributed by atoms with Crippen LogP contribution < -0.4 is 9.47 Å². The summed E-state index contributed by atoms with van der Waals surface area (Å²) in [5.41, 5.74) is 1.66. The first-order valence-electron chi connectivity index (χ1n) is 21.1. The third-order valence-electron chi connectivity index (χ3n) is 10.2. The van der Waals surface area contributed by atoms with Crippen LogP contribution >= 0.6 is 0 Å². The first-order chi connectivity index (χ1) is 30.8. The van der Waals surface area contributed by atoms with Gasteiger partial charge in [0.1, 0.15) is 28.6 Å². The fraction of sp³-hybridized carbons (Fsp3) is 0.292. The van der Waals surface area contributed by atoms with E-state index in [1.807, 2.05) is 97.1 Å². The van der Waals surface area contributed by atoms with Gasteiger partial charge in [-0.3, -0.25) is 9.80 Å². The number of hydrogen-bond acceptors (Lipinski definition) is 11. The molecule has 2 saturated heterocycles. The van der Waals surface area contributed by atoms with E-state index in [0.717, 1.165) is 78.1 Å². The van der Waals surface area contributed by atoms with Gasteiger partial charge in [0.05, 0.1) is 0 Å². The van der Waals surface area contributed by atoms with Crippen LogP contribution in [0, 0.1) is 0 Å². The monoisotopic (exact) mass is 868 g/mol. The van der Waals surface area contributed by atoms with Gasteiger partial charge in [0, 0.05) is 77.8 Å². The second-order valence-corrected chi connectivity index (χ2v) is 16.3. The Morgan fingerprint density at radius 3 is 1.34 bits per heavy atom. The molecule has 8 rings (SSSR count). The van der Waals surface area contributed by atoms with E-state index in [1.165, 1.54) is 29.2 Å². The highest BCUT2D eigenvalue weighted by molar-refractivity contribution is 5.88. The minimum atomic E-state index is -1.15. The molecule has 0 radical (unpaired) electrons. The number of carbonyl (C=O) groups excluding carboxylic acids is 3. The van der Waals surface area contributed by atoms with Crippen molar-refractivity contribution in [2.24, 2.45) is 0 Å². The molecule has 6 aromatic rings. The first-order valence-corrected chi connectivity index (χ1v) is 21.1. The van der Waals surface area contributed by atoms with Crippen molar-refractivity contribution in [3.8, 4) is 23.0 Å². The predicted molar refractivity (Wildman–Crippen MR) is 238 cm³/mol. The number of benzene rings is 4. The molecule has 2 aliphatic rings. The van der Waals surface area contributed by atoms with Crippen LogP contribution in [0.4, 0.5) is 9.59 Å². The lowest BCUT2D eigenvalue weighted by Crippen LogP contribution is -2.49. The van der Waals surface area contributed by atoms with Crippen molar-refractivity contribution in [1.29, 1.82) is 0 Å². The van der Waals surface area contributed by atoms with Crippen LogP contribution in [0.15, 0.2) is 134 Å². The molecule has 2 fully saturated rings. The molecule has 16 nitrogen and oxygen atoms in total. The number of esters is 1. The van der Waals surface area contributed by atoms with Crippen LogP contribution in [0.2, 0.25) is 0 Å². The average Bonchev–Trinajstić information content (AvgIpc) is 4.00. The summed E-state index contributed by atoms with van der Waals surface area (Å²) in [5, 5.41) is 16.9. The van der Waals surface area contributed by atoms with E-state index >= 15 is 0 Å². The number of carboxylic acid groups (broad SMARTS) is 1. The standard InChI is InChI=1S/C26H30N4O4.C22H22N4O4/c1-26(2,3)34-24(31)23-12-13-30(27-23)25(32)29-16-14-28(15-17-29)19-20-8-7-11-22(18-20)33-21-9-5-4-6-10-21;27-21(28)20-9-10-26(23-20)22(29)25-13-11-24(12-14-25)16-17-5-4-8-19(15-17)30-18-6-2-1-3-7-18/h4-13,18H,14-17,19H2,1-3H3;1-10,15H,11-14,16H2,(H,27,28). The Hall–Kier alpha value is -7.30. The van der Waals surface area contributed by atoms with Crippen molar-refractivity contribution in [1.82, 2.24) is 39.2 Å². The number of aromatic carboxylic acids is 1. The zero-order valence-corrected chi connectivity index (χ0v) is 36.2. The molecule has 0 saturated carbocycles. The molecule has 0 aliphatic carbocycles. The number of rotatable bonds is 10. The lowest BCUT2D eigenvalue weighted by Gasteiger charge is -2.34. The zero-order valence-electron chi connectivity index (χ0n) is 36.2. The fourth-order valence-corrected chi connectivity index (χ4v) is 7.08. The number of carboxylic acids is 1. The van der Waals surface area contributed by atoms with Crippen LogP contribution in [0.25, 0.3) is 0 Å². The zero-order chi connectivity index (χ0) is 45.1. The minimum Gasteiger partial charge on any atom is -0.476 e. The van der Waals surface area contributed by atoms with E-state index in [-0.39, 0.29) is 23.5 Å². The third-order valence-corrected chi connectivity index (χ3v) is 10.2. The highest BCUT2D eigenvalue weighted by Gasteiger charge is 2.26. The van der Waals surface area contributed by atoms with Crippen molar-refractivity contribution < 1.29 is 38.5 Å². The molecule has 332 valence electrons. The molecule has 4 aromatic carbocycles. The van der Waals surface area contributed by atoms with E-state index in [2.05, 4.69) is 32.1 Å². The Kier molecular flexibility index (Phi) is 14.5. The number of piperazine rings is 2. The summed E-state index contributed by atoms with van der Waals surface area (Å²) in [6.45, 7) is 12.1. The van der Waals surface area contributed by atoms with E-state index in [4.69, 9.17) is 19.3 Å². The number of amides is 2. The van der Waals surface area contributed by atoms with Gasteiger partial charge in [-0.1, -0.05) is 60.7 Å². The highest BCUT2D eigenvalue weighted by Crippen LogP contribution is 2.24. The quantitative estimate of drug-likeness (QED) is 0.135. The number of para-hydroxylation sites is 2.